The van der Waals surface area contributed by atoms with Gasteiger partial charge in [-0.15, -0.1) is 0 Å². The van der Waals surface area contributed by atoms with Crippen molar-refractivity contribution in [1.29, 1.82) is 0 Å². The highest BCUT2D eigenvalue weighted by atomic mass is 35.5. The van der Waals surface area contributed by atoms with Gasteiger partial charge in [0.2, 0.25) is 0 Å². The molecule has 4 rings (SSSR count). The van der Waals surface area contributed by atoms with Gasteiger partial charge in [-0.3, -0.25) is 4.90 Å². The van der Waals surface area contributed by atoms with Crippen LogP contribution in [-0.2, 0) is 12.1 Å². The minimum atomic E-state index is -0.935. The minimum absolute atomic E-state index is 0.522. The zero-order valence-electron chi connectivity index (χ0n) is 11.8. The van der Waals surface area contributed by atoms with E-state index in [1.54, 1.807) is 6.20 Å². The first-order valence-corrected chi connectivity index (χ1v) is 7.44. The number of nitrogens with zero attached hydrogens (tertiary/aromatic N) is 5. The van der Waals surface area contributed by atoms with Crippen LogP contribution < -0.4 is 0 Å². The first-order valence-electron chi connectivity index (χ1n) is 7.06. The summed E-state index contributed by atoms with van der Waals surface area (Å²) in [5, 5.41) is 21.7. The number of likely N-dealkylation sites (tertiary alicyclic amines) is 1. The first kappa shape index (κ1) is 13.7. The molecule has 1 aliphatic rings. The second kappa shape index (κ2) is 5.05. The zero-order chi connectivity index (χ0) is 15.2. The van der Waals surface area contributed by atoms with Crippen LogP contribution in [0.1, 0.15) is 17.8 Å². The molecule has 1 atom stereocenters. The molecule has 0 spiro atoms. The maximum Gasteiger partial charge on any atom is 0.137 e. The molecule has 114 valence electrons. The van der Waals surface area contributed by atoms with Crippen LogP contribution >= 0.6 is 11.6 Å². The van der Waals surface area contributed by atoms with E-state index in [0.29, 0.717) is 30.2 Å². The maximum absolute atomic E-state index is 10.7. The molecule has 22 heavy (non-hydrogen) atoms. The van der Waals surface area contributed by atoms with Crippen LogP contribution in [0, 0.1) is 0 Å². The molecular weight excluding hydrogens is 304 g/mol. The minimum Gasteiger partial charge on any atom is -0.382 e. The highest BCUT2D eigenvalue weighted by molar-refractivity contribution is 6.30. The van der Waals surface area contributed by atoms with Gasteiger partial charge in [0.1, 0.15) is 16.9 Å². The Labute approximate surface area is 131 Å². The third kappa shape index (κ3) is 2.37. The Balaban J connectivity index is 1.51. The molecule has 0 radical (unpaired) electrons. The lowest BCUT2D eigenvalue weighted by Crippen LogP contribution is -2.31. The van der Waals surface area contributed by atoms with Gasteiger partial charge in [0.25, 0.3) is 0 Å². The molecule has 8 heteroatoms. The lowest BCUT2D eigenvalue weighted by atomic mass is 10.0. The molecule has 0 aromatic carbocycles. The molecule has 1 aliphatic heterocycles. The Hall–Kier alpha value is -1.96. The van der Waals surface area contributed by atoms with Crippen molar-refractivity contribution >= 4 is 17.2 Å². The lowest BCUT2D eigenvalue weighted by molar-refractivity contribution is 0.0407. The number of aromatic amines is 1. The summed E-state index contributed by atoms with van der Waals surface area (Å²) in [7, 11) is 0. The Morgan fingerprint density at radius 1 is 1.36 bits per heavy atom. The summed E-state index contributed by atoms with van der Waals surface area (Å²) in [6.07, 6.45) is 6.02. The average Bonchev–Trinajstić information content (AvgIpc) is 3.19. The van der Waals surface area contributed by atoms with E-state index in [1.165, 1.54) is 0 Å². The number of hydrogen-bond acceptors (Lipinski definition) is 5. The standard InChI is InChI=1S/C14H15ClN6O/c15-10-1-2-13-17-11(8-21(13)6-10)7-20-4-3-14(22,9-20)12-5-16-19-18-12/h1-2,5-6,8,22H,3-4,7,9H2,(H,16,18,19). The van der Waals surface area contributed by atoms with Gasteiger partial charge in [-0.05, 0) is 18.6 Å². The summed E-state index contributed by atoms with van der Waals surface area (Å²) in [5.41, 5.74) is 1.48. The first-order chi connectivity index (χ1) is 10.6. The molecule has 4 heterocycles. The van der Waals surface area contributed by atoms with Gasteiger partial charge in [-0.2, -0.15) is 15.4 Å². The van der Waals surface area contributed by atoms with Crippen molar-refractivity contribution in [3.05, 3.63) is 47.1 Å². The predicted molar refractivity (Wildman–Crippen MR) is 80.4 cm³/mol. The van der Waals surface area contributed by atoms with E-state index in [0.717, 1.165) is 17.9 Å². The normalized spacial score (nSPS) is 22.6. The van der Waals surface area contributed by atoms with Crippen LogP contribution in [0.2, 0.25) is 5.02 Å². The number of aromatic nitrogens is 5. The highest BCUT2D eigenvalue weighted by Crippen LogP contribution is 2.30. The molecule has 0 aliphatic carbocycles. The number of H-pyrrole nitrogens is 1. The lowest BCUT2D eigenvalue weighted by Gasteiger charge is -2.20. The molecule has 0 bridgehead atoms. The molecule has 1 saturated heterocycles. The van der Waals surface area contributed by atoms with Gasteiger partial charge in [0.05, 0.1) is 16.9 Å². The maximum atomic E-state index is 10.7. The average molecular weight is 319 g/mol. The number of fused-ring (bicyclic) bond motifs is 1. The Morgan fingerprint density at radius 3 is 3.09 bits per heavy atom. The molecule has 1 unspecified atom stereocenters. The Morgan fingerprint density at radius 2 is 2.27 bits per heavy atom. The molecule has 7 nitrogen and oxygen atoms in total. The number of halogens is 1. The van der Waals surface area contributed by atoms with Gasteiger partial charge in [-0.1, -0.05) is 11.6 Å². The SMILES string of the molecule is OC1(c2cn[nH]n2)CCN(Cc2cn3cc(Cl)ccc3n2)C1. The number of pyridine rings is 1. The Kier molecular flexibility index (Phi) is 3.14. The summed E-state index contributed by atoms with van der Waals surface area (Å²) in [6.45, 7) is 1.99. The third-order valence-corrected chi connectivity index (χ3v) is 4.29. The van der Waals surface area contributed by atoms with Crippen molar-refractivity contribution in [2.45, 2.75) is 18.6 Å². The summed E-state index contributed by atoms with van der Waals surface area (Å²) < 4.78 is 1.91. The summed E-state index contributed by atoms with van der Waals surface area (Å²) in [5.74, 6) is 0. The van der Waals surface area contributed by atoms with Gasteiger partial charge in [0.15, 0.2) is 0 Å². The number of aliphatic hydroxyl groups is 1. The van der Waals surface area contributed by atoms with E-state index in [4.69, 9.17) is 11.6 Å². The van der Waals surface area contributed by atoms with Crippen molar-refractivity contribution in [3.8, 4) is 0 Å². The topological polar surface area (TPSA) is 82.3 Å². The summed E-state index contributed by atoms with van der Waals surface area (Å²) in [6, 6.07) is 3.72. The third-order valence-electron chi connectivity index (χ3n) is 4.07. The smallest absolute Gasteiger partial charge is 0.137 e. The van der Waals surface area contributed by atoms with E-state index in [1.807, 2.05) is 28.9 Å². The fraction of sp³-hybridized carbons (Fsp3) is 0.357. The second-order valence-electron chi connectivity index (χ2n) is 5.69. The van der Waals surface area contributed by atoms with Crippen LogP contribution in [0.3, 0.4) is 0 Å². The van der Waals surface area contributed by atoms with Crippen LogP contribution in [0.5, 0.6) is 0 Å². The quantitative estimate of drug-likeness (QED) is 0.758. The summed E-state index contributed by atoms with van der Waals surface area (Å²) in [4.78, 5) is 6.74. The monoisotopic (exact) mass is 318 g/mol. The Bertz CT molecular complexity index is 801. The number of nitrogens with one attached hydrogen (secondary N) is 1. The van der Waals surface area contributed by atoms with Crippen LogP contribution in [0.25, 0.3) is 5.65 Å². The molecule has 0 saturated carbocycles. The van der Waals surface area contributed by atoms with Crippen molar-refractivity contribution in [1.82, 2.24) is 29.7 Å². The molecule has 1 fully saturated rings. The van der Waals surface area contributed by atoms with Crippen molar-refractivity contribution in [3.63, 3.8) is 0 Å². The van der Waals surface area contributed by atoms with Crippen molar-refractivity contribution in [2.75, 3.05) is 13.1 Å². The number of hydrogen-bond donors (Lipinski definition) is 2. The molecule has 3 aromatic rings. The van der Waals surface area contributed by atoms with Gasteiger partial charge >= 0.3 is 0 Å². The van der Waals surface area contributed by atoms with E-state index < -0.39 is 5.60 Å². The van der Waals surface area contributed by atoms with Crippen LogP contribution in [-0.4, -0.2) is 47.9 Å². The van der Waals surface area contributed by atoms with E-state index in [9.17, 15) is 5.11 Å². The van der Waals surface area contributed by atoms with Crippen molar-refractivity contribution in [2.24, 2.45) is 0 Å². The van der Waals surface area contributed by atoms with Crippen LogP contribution in [0.15, 0.2) is 30.7 Å². The van der Waals surface area contributed by atoms with Gasteiger partial charge in [-0.25, -0.2) is 4.98 Å². The zero-order valence-corrected chi connectivity index (χ0v) is 12.5. The molecule has 0 amide bonds. The second-order valence-corrected chi connectivity index (χ2v) is 6.13. The van der Waals surface area contributed by atoms with Crippen LogP contribution in [0.4, 0.5) is 0 Å². The number of imidazole rings is 1. The molecule has 3 aromatic heterocycles. The summed E-state index contributed by atoms with van der Waals surface area (Å²) >= 11 is 5.98. The number of rotatable bonds is 3. The molecular formula is C14H15ClN6O. The van der Waals surface area contributed by atoms with Gasteiger partial charge < -0.3 is 9.51 Å². The largest absolute Gasteiger partial charge is 0.382 e. The fourth-order valence-corrected chi connectivity index (χ4v) is 3.13. The van der Waals surface area contributed by atoms with Crippen molar-refractivity contribution < 1.29 is 5.11 Å². The number of β-amino-alcohol motifs (C(OH)–C–C–N with tert-alkyl or cyclic N) is 1. The van der Waals surface area contributed by atoms with E-state index >= 15 is 0 Å². The fourth-order valence-electron chi connectivity index (χ4n) is 2.96. The predicted octanol–water partition coefficient (Wildman–Crippen LogP) is 1.20. The highest BCUT2D eigenvalue weighted by Gasteiger charge is 2.39. The van der Waals surface area contributed by atoms with E-state index in [2.05, 4.69) is 25.3 Å². The molecule has 2 N–H and O–H groups in total. The van der Waals surface area contributed by atoms with Gasteiger partial charge in [0, 0.05) is 32.0 Å². The van der Waals surface area contributed by atoms with E-state index in [-0.39, 0.29) is 0 Å².